The van der Waals surface area contributed by atoms with E-state index in [1.165, 1.54) is 11.3 Å². The van der Waals surface area contributed by atoms with Crippen LogP contribution in [-0.2, 0) is 4.79 Å². The summed E-state index contributed by atoms with van der Waals surface area (Å²) in [6.45, 7) is 6.92. The molecule has 1 N–H and O–H groups in total. The van der Waals surface area contributed by atoms with Gasteiger partial charge in [0.05, 0.1) is 5.71 Å². The minimum Gasteiger partial charge on any atom is -0.369 e. The van der Waals surface area contributed by atoms with Crippen molar-refractivity contribution in [2.45, 2.75) is 26.2 Å². The maximum absolute atomic E-state index is 11.9. The van der Waals surface area contributed by atoms with Crippen LogP contribution in [0.25, 0.3) is 0 Å². The number of allylic oxidation sites excluding steroid dienone is 2. The van der Waals surface area contributed by atoms with Gasteiger partial charge in [0.25, 0.3) is 0 Å². The van der Waals surface area contributed by atoms with E-state index in [4.69, 9.17) is 0 Å². The fraction of sp³-hybridized carbons (Fsp3) is 0.474. The Hall–Kier alpha value is -2.14. The summed E-state index contributed by atoms with van der Waals surface area (Å²) in [5, 5.41) is 4.20. The zero-order valence-corrected chi connectivity index (χ0v) is 14.4. The highest BCUT2D eigenvalue weighted by molar-refractivity contribution is 5.98. The lowest BCUT2D eigenvalue weighted by atomic mass is 10.2. The van der Waals surface area contributed by atoms with Crippen LogP contribution < -0.4 is 10.3 Å². The average molecular weight is 326 g/mol. The molecule has 1 aliphatic carbocycles. The summed E-state index contributed by atoms with van der Waals surface area (Å²) < 4.78 is 0. The third-order valence-corrected chi connectivity index (χ3v) is 4.66. The number of anilines is 1. The SMILES string of the molecule is CC1=C/C(=N/NC(=O)CCN2CCN(c3ccccc3)CC2)CC1. The van der Waals surface area contributed by atoms with Gasteiger partial charge in [0.15, 0.2) is 0 Å². The molecule has 0 saturated carbocycles. The summed E-state index contributed by atoms with van der Waals surface area (Å²) in [6.07, 6.45) is 4.56. The number of nitrogens with one attached hydrogen (secondary N) is 1. The molecule has 5 nitrogen and oxygen atoms in total. The summed E-state index contributed by atoms with van der Waals surface area (Å²) in [5.74, 6) is 0.00550. The highest BCUT2D eigenvalue weighted by Crippen LogP contribution is 2.16. The number of carbonyl (C=O) groups excluding carboxylic acids is 1. The molecular weight excluding hydrogens is 300 g/mol. The summed E-state index contributed by atoms with van der Waals surface area (Å²) in [4.78, 5) is 16.7. The topological polar surface area (TPSA) is 47.9 Å². The molecule has 1 fully saturated rings. The fourth-order valence-electron chi connectivity index (χ4n) is 3.16. The van der Waals surface area contributed by atoms with E-state index in [1.807, 2.05) is 6.07 Å². The molecule has 1 aromatic rings. The zero-order chi connectivity index (χ0) is 16.8. The van der Waals surface area contributed by atoms with Crippen molar-refractivity contribution in [1.82, 2.24) is 10.3 Å². The van der Waals surface area contributed by atoms with Gasteiger partial charge in [-0.2, -0.15) is 5.10 Å². The molecule has 0 radical (unpaired) electrons. The van der Waals surface area contributed by atoms with Gasteiger partial charge in [-0.3, -0.25) is 9.69 Å². The minimum absolute atomic E-state index is 0.00550. The Bertz CT molecular complexity index is 616. The van der Waals surface area contributed by atoms with Gasteiger partial charge in [0.2, 0.25) is 5.91 Å². The lowest BCUT2D eigenvalue weighted by molar-refractivity contribution is -0.121. The molecule has 0 bridgehead atoms. The van der Waals surface area contributed by atoms with E-state index in [0.29, 0.717) is 6.42 Å². The largest absolute Gasteiger partial charge is 0.369 e. The molecule has 1 aromatic carbocycles. The number of nitrogens with zero attached hydrogens (tertiary/aromatic N) is 3. The standard InChI is InChI=1S/C19H26N4O/c1-16-7-8-17(15-16)20-21-19(24)9-10-22-11-13-23(14-12-22)18-5-3-2-4-6-18/h2-6,15H,7-14H2,1H3,(H,21,24)/b20-17+. The first-order valence-corrected chi connectivity index (χ1v) is 8.75. The predicted octanol–water partition coefficient (Wildman–Crippen LogP) is 2.41. The number of hydrazone groups is 1. The smallest absolute Gasteiger partial charge is 0.241 e. The normalized spacial score (nSPS) is 20.3. The molecular formula is C19H26N4O. The summed E-state index contributed by atoms with van der Waals surface area (Å²) in [6, 6.07) is 10.5. The summed E-state index contributed by atoms with van der Waals surface area (Å²) >= 11 is 0. The van der Waals surface area contributed by atoms with Crippen molar-refractivity contribution in [2.75, 3.05) is 37.6 Å². The van der Waals surface area contributed by atoms with Crippen LogP contribution in [0.2, 0.25) is 0 Å². The lowest BCUT2D eigenvalue weighted by Gasteiger charge is -2.36. The maximum Gasteiger partial charge on any atom is 0.241 e. The number of piperazine rings is 1. The Morgan fingerprint density at radius 2 is 1.88 bits per heavy atom. The fourth-order valence-corrected chi connectivity index (χ4v) is 3.16. The Kier molecular flexibility index (Phi) is 5.64. The van der Waals surface area contributed by atoms with Crippen LogP contribution in [0.3, 0.4) is 0 Å². The van der Waals surface area contributed by atoms with Gasteiger partial charge in [-0.1, -0.05) is 23.8 Å². The van der Waals surface area contributed by atoms with Crippen LogP contribution in [0.4, 0.5) is 5.69 Å². The molecule has 1 aliphatic heterocycles. The van der Waals surface area contributed by atoms with Gasteiger partial charge >= 0.3 is 0 Å². The molecule has 24 heavy (non-hydrogen) atoms. The molecule has 1 heterocycles. The second kappa shape index (κ2) is 8.11. The van der Waals surface area contributed by atoms with E-state index in [-0.39, 0.29) is 5.91 Å². The van der Waals surface area contributed by atoms with E-state index in [1.54, 1.807) is 0 Å². The van der Waals surface area contributed by atoms with Crippen molar-refractivity contribution in [3.8, 4) is 0 Å². The molecule has 1 saturated heterocycles. The van der Waals surface area contributed by atoms with Gasteiger partial charge < -0.3 is 4.90 Å². The monoisotopic (exact) mass is 326 g/mol. The van der Waals surface area contributed by atoms with Crippen molar-refractivity contribution < 1.29 is 4.79 Å². The molecule has 0 unspecified atom stereocenters. The Labute approximate surface area is 144 Å². The first-order chi connectivity index (χ1) is 11.7. The lowest BCUT2D eigenvalue weighted by Crippen LogP contribution is -2.47. The second-order valence-corrected chi connectivity index (χ2v) is 6.54. The van der Waals surface area contributed by atoms with E-state index in [9.17, 15) is 4.79 Å². The molecule has 5 heteroatoms. The third-order valence-electron chi connectivity index (χ3n) is 4.66. The van der Waals surface area contributed by atoms with Crippen molar-refractivity contribution in [2.24, 2.45) is 5.10 Å². The van der Waals surface area contributed by atoms with E-state index >= 15 is 0 Å². The number of hydrogen-bond acceptors (Lipinski definition) is 4. The van der Waals surface area contributed by atoms with E-state index in [0.717, 1.165) is 51.3 Å². The summed E-state index contributed by atoms with van der Waals surface area (Å²) in [5.41, 5.74) is 6.29. The van der Waals surface area contributed by atoms with Crippen LogP contribution in [-0.4, -0.2) is 49.2 Å². The molecule has 1 amide bonds. The Balaban J connectivity index is 1.37. The highest BCUT2D eigenvalue weighted by Gasteiger charge is 2.17. The van der Waals surface area contributed by atoms with Crippen molar-refractivity contribution >= 4 is 17.3 Å². The molecule has 0 spiro atoms. The molecule has 2 aliphatic rings. The third kappa shape index (κ3) is 4.68. The molecule has 3 rings (SSSR count). The number of rotatable bonds is 5. The van der Waals surface area contributed by atoms with Gasteiger partial charge in [-0.05, 0) is 38.0 Å². The first kappa shape index (κ1) is 16.7. The number of carbonyl (C=O) groups is 1. The Morgan fingerprint density at radius 1 is 1.12 bits per heavy atom. The van der Waals surface area contributed by atoms with Crippen molar-refractivity contribution in [3.05, 3.63) is 42.0 Å². The van der Waals surface area contributed by atoms with Crippen LogP contribution in [0.1, 0.15) is 26.2 Å². The molecule has 0 aromatic heterocycles. The van der Waals surface area contributed by atoms with Crippen LogP contribution in [0.5, 0.6) is 0 Å². The van der Waals surface area contributed by atoms with Gasteiger partial charge in [0, 0.05) is 44.8 Å². The summed E-state index contributed by atoms with van der Waals surface area (Å²) in [7, 11) is 0. The average Bonchev–Trinajstić information content (AvgIpc) is 3.05. The first-order valence-electron chi connectivity index (χ1n) is 8.75. The van der Waals surface area contributed by atoms with Crippen LogP contribution >= 0.6 is 0 Å². The molecule has 0 atom stereocenters. The number of benzene rings is 1. The van der Waals surface area contributed by atoms with E-state index < -0.39 is 0 Å². The Morgan fingerprint density at radius 3 is 2.54 bits per heavy atom. The van der Waals surface area contributed by atoms with Gasteiger partial charge in [0.1, 0.15) is 0 Å². The van der Waals surface area contributed by atoms with Gasteiger partial charge in [-0.15, -0.1) is 0 Å². The number of amides is 1. The number of para-hydroxylation sites is 1. The highest BCUT2D eigenvalue weighted by atomic mass is 16.2. The van der Waals surface area contributed by atoms with Gasteiger partial charge in [-0.25, -0.2) is 5.43 Å². The minimum atomic E-state index is 0.00550. The van der Waals surface area contributed by atoms with Crippen molar-refractivity contribution in [1.29, 1.82) is 0 Å². The molecule has 128 valence electrons. The second-order valence-electron chi connectivity index (χ2n) is 6.54. The van der Waals surface area contributed by atoms with Crippen LogP contribution in [0.15, 0.2) is 47.1 Å². The van der Waals surface area contributed by atoms with Crippen LogP contribution in [0, 0.1) is 0 Å². The quantitative estimate of drug-likeness (QED) is 0.845. The zero-order valence-electron chi connectivity index (χ0n) is 14.4. The maximum atomic E-state index is 11.9. The predicted molar refractivity (Wildman–Crippen MR) is 98.3 cm³/mol. The van der Waals surface area contributed by atoms with E-state index in [2.05, 4.69) is 57.6 Å². The van der Waals surface area contributed by atoms with Crippen molar-refractivity contribution in [3.63, 3.8) is 0 Å². The number of hydrogen-bond donors (Lipinski definition) is 1.